The maximum absolute atomic E-state index is 13.2. The highest BCUT2D eigenvalue weighted by Gasteiger charge is 2.23. The summed E-state index contributed by atoms with van der Waals surface area (Å²) >= 11 is 0. The van der Waals surface area contributed by atoms with Crippen molar-refractivity contribution in [2.24, 2.45) is 0 Å². The van der Waals surface area contributed by atoms with E-state index in [4.69, 9.17) is 5.11 Å². The number of hydrogen-bond donors (Lipinski definition) is 1. The second-order valence-corrected chi connectivity index (χ2v) is 4.70. The Morgan fingerprint density at radius 3 is 2.21 bits per heavy atom. The molecular weight excluding hydrogens is 252 g/mol. The Morgan fingerprint density at radius 2 is 1.79 bits per heavy atom. The van der Waals surface area contributed by atoms with E-state index in [1.165, 1.54) is 12.1 Å². The Kier molecular flexibility index (Phi) is 5.42. The van der Waals surface area contributed by atoms with Crippen LogP contribution in [0.1, 0.15) is 38.8 Å². The molecule has 5 heteroatoms. The molecule has 1 rings (SSSR count). The molecule has 0 radical (unpaired) electrons. The van der Waals surface area contributed by atoms with Crippen LogP contribution < -0.4 is 0 Å². The van der Waals surface area contributed by atoms with Gasteiger partial charge in [-0.3, -0.25) is 9.69 Å². The van der Waals surface area contributed by atoms with Gasteiger partial charge in [0.15, 0.2) is 0 Å². The third-order valence-electron chi connectivity index (χ3n) is 3.34. The van der Waals surface area contributed by atoms with Crippen LogP contribution in [0.25, 0.3) is 0 Å². The van der Waals surface area contributed by atoms with Crippen molar-refractivity contribution >= 4 is 5.97 Å². The summed E-state index contributed by atoms with van der Waals surface area (Å²) in [5, 5.41) is 8.94. The summed E-state index contributed by atoms with van der Waals surface area (Å²) in [5.74, 6) is -2.26. The van der Waals surface area contributed by atoms with Crippen LogP contribution >= 0.6 is 0 Å². The minimum Gasteiger partial charge on any atom is -0.480 e. The van der Waals surface area contributed by atoms with Gasteiger partial charge in [-0.15, -0.1) is 0 Å². The van der Waals surface area contributed by atoms with E-state index >= 15 is 0 Å². The smallest absolute Gasteiger partial charge is 0.317 e. The summed E-state index contributed by atoms with van der Waals surface area (Å²) in [7, 11) is 0. The monoisotopic (exact) mass is 271 g/mol. The molecular formula is C14H19F2NO2. The fraction of sp³-hybridized carbons (Fsp3) is 0.500. The van der Waals surface area contributed by atoms with Crippen molar-refractivity contribution in [3.05, 3.63) is 35.4 Å². The molecule has 2 atom stereocenters. The third kappa shape index (κ3) is 4.28. The van der Waals surface area contributed by atoms with Gasteiger partial charge in [0, 0.05) is 18.2 Å². The minimum absolute atomic E-state index is 0.0115. The molecule has 0 aliphatic rings. The summed E-state index contributed by atoms with van der Waals surface area (Å²) in [6.45, 7) is 5.44. The predicted molar refractivity (Wildman–Crippen MR) is 68.9 cm³/mol. The number of halogens is 2. The topological polar surface area (TPSA) is 40.5 Å². The standard InChI is InChI=1S/C14H19F2NO2/c1-4-9(2)17(8-14(18)19)10(3)11-5-12(15)7-13(16)6-11/h5-7,9-10H,4,8H2,1-3H3,(H,18,19). The quantitative estimate of drug-likeness (QED) is 0.863. The van der Waals surface area contributed by atoms with Crippen LogP contribution in [-0.2, 0) is 4.79 Å². The molecule has 106 valence electrons. The Morgan fingerprint density at radius 1 is 1.26 bits per heavy atom. The summed E-state index contributed by atoms with van der Waals surface area (Å²) in [6, 6.07) is 2.94. The van der Waals surface area contributed by atoms with Gasteiger partial charge >= 0.3 is 5.97 Å². The summed E-state index contributed by atoms with van der Waals surface area (Å²) in [4.78, 5) is 12.6. The second kappa shape index (κ2) is 6.61. The maximum Gasteiger partial charge on any atom is 0.317 e. The first-order valence-electron chi connectivity index (χ1n) is 6.28. The molecule has 0 aromatic heterocycles. The summed E-state index contributed by atoms with van der Waals surface area (Å²) in [6.07, 6.45) is 0.759. The zero-order valence-corrected chi connectivity index (χ0v) is 11.4. The van der Waals surface area contributed by atoms with Crippen LogP contribution in [0.4, 0.5) is 8.78 Å². The minimum atomic E-state index is -0.955. The van der Waals surface area contributed by atoms with Gasteiger partial charge in [-0.2, -0.15) is 0 Å². The van der Waals surface area contributed by atoms with Crippen LogP contribution in [0.15, 0.2) is 18.2 Å². The van der Waals surface area contributed by atoms with Crippen LogP contribution in [0.5, 0.6) is 0 Å². The zero-order chi connectivity index (χ0) is 14.6. The highest BCUT2D eigenvalue weighted by Crippen LogP contribution is 2.24. The molecule has 1 aromatic rings. The maximum atomic E-state index is 13.2. The fourth-order valence-electron chi connectivity index (χ4n) is 2.07. The Balaban J connectivity index is 3.03. The number of nitrogens with zero attached hydrogens (tertiary/aromatic N) is 1. The van der Waals surface area contributed by atoms with Gasteiger partial charge in [0.2, 0.25) is 0 Å². The first-order chi connectivity index (χ1) is 8.85. The number of carbonyl (C=O) groups is 1. The van der Waals surface area contributed by atoms with Gasteiger partial charge in [-0.25, -0.2) is 8.78 Å². The van der Waals surface area contributed by atoms with Gasteiger partial charge in [-0.05, 0) is 38.0 Å². The van der Waals surface area contributed by atoms with Crippen LogP contribution in [0, 0.1) is 11.6 Å². The highest BCUT2D eigenvalue weighted by atomic mass is 19.1. The number of rotatable bonds is 6. The molecule has 0 saturated heterocycles. The molecule has 2 unspecified atom stereocenters. The third-order valence-corrected chi connectivity index (χ3v) is 3.34. The van der Waals surface area contributed by atoms with Gasteiger partial charge in [0.25, 0.3) is 0 Å². The normalized spacial score (nSPS) is 14.4. The molecule has 3 nitrogen and oxygen atoms in total. The number of carboxylic acid groups (broad SMARTS) is 1. The first-order valence-corrected chi connectivity index (χ1v) is 6.28. The van der Waals surface area contributed by atoms with E-state index in [-0.39, 0.29) is 18.6 Å². The fourth-order valence-corrected chi connectivity index (χ4v) is 2.07. The van der Waals surface area contributed by atoms with E-state index in [2.05, 4.69) is 0 Å². The highest BCUT2D eigenvalue weighted by molar-refractivity contribution is 5.69. The molecule has 0 amide bonds. The lowest BCUT2D eigenvalue weighted by Crippen LogP contribution is -2.39. The molecule has 0 fully saturated rings. The number of aliphatic carboxylic acids is 1. The van der Waals surface area contributed by atoms with Crippen molar-refractivity contribution in [2.45, 2.75) is 39.3 Å². The number of hydrogen-bond acceptors (Lipinski definition) is 2. The summed E-state index contributed by atoms with van der Waals surface area (Å²) < 4.78 is 26.4. The van der Waals surface area contributed by atoms with Crippen molar-refractivity contribution < 1.29 is 18.7 Å². The van der Waals surface area contributed by atoms with E-state index < -0.39 is 17.6 Å². The number of carboxylic acids is 1. The molecule has 0 heterocycles. The lowest BCUT2D eigenvalue weighted by Gasteiger charge is -2.33. The average molecular weight is 271 g/mol. The Labute approximate surface area is 111 Å². The van der Waals surface area contributed by atoms with E-state index in [9.17, 15) is 13.6 Å². The molecule has 0 saturated carbocycles. The van der Waals surface area contributed by atoms with Gasteiger partial charge in [0.1, 0.15) is 11.6 Å². The molecule has 1 aromatic carbocycles. The lowest BCUT2D eigenvalue weighted by atomic mass is 10.0. The molecule has 0 spiro atoms. The zero-order valence-electron chi connectivity index (χ0n) is 11.4. The molecule has 1 N–H and O–H groups in total. The first kappa shape index (κ1) is 15.6. The summed E-state index contributed by atoms with van der Waals surface area (Å²) in [5.41, 5.74) is 0.444. The van der Waals surface area contributed by atoms with Crippen molar-refractivity contribution in [3.63, 3.8) is 0 Å². The van der Waals surface area contributed by atoms with Crippen molar-refractivity contribution in [2.75, 3.05) is 6.54 Å². The van der Waals surface area contributed by atoms with Crippen LogP contribution in [-0.4, -0.2) is 28.6 Å². The van der Waals surface area contributed by atoms with E-state index in [1.807, 2.05) is 13.8 Å². The number of benzene rings is 1. The van der Waals surface area contributed by atoms with Crippen molar-refractivity contribution in [3.8, 4) is 0 Å². The van der Waals surface area contributed by atoms with Crippen molar-refractivity contribution in [1.29, 1.82) is 0 Å². The van der Waals surface area contributed by atoms with E-state index in [0.717, 1.165) is 12.5 Å². The molecule has 19 heavy (non-hydrogen) atoms. The predicted octanol–water partition coefficient (Wildman–Crippen LogP) is 3.21. The van der Waals surface area contributed by atoms with Crippen LogP contribution in [0.3, 0.4) is 0 Å². The molecule has 0 bridgehead atoms. The molecule has 0 aliphatic heterocycles. The Bertz CT molecular complexity index is 431. The average Bonchev–Trinajstić information content (AvgIpc) is 2.32. The SMILES string of the molecule is CCC(C)N(CC(=O)O)C(C)c1cc(F)cc(F)c1. The van der Waals surface area contributed by atoms with E-state index in [0.29, 0.717) is 5.56 Å². The lowest BCUT2D eigenvalue weighted by molar-refractivity contribution is -0.139. The van der Waals surface area contributed by atoms with Crippen molar-refractivity contribution in [1.82, 2.24) is 4.90 Å². The molecule has 0 aliphatic carbocycles. The van der Waals surface area contributed by atoms with Crippen LogP contribution in [0.2, 0.25) is 0 Å². The largest absolute Gasteiger partial charge is 0.480 e. The van der Waals surface area contributed by atoms with Gasteiger partial charge < -0.3 is 5.11 Å². The van der Waals surface area contributed by atoms with E-state index in [1.54, 1.807) is 11.8 Å². The van der Waals surface area contributed by atoms with Gasteiger partial charge in [0.05, 0.1) is 6.54 Å². The van der Waals surface area contributed by atoms with Gasteiger partial charge in [-0.1, -0.05) is 6.92 Å². The Hall–Kier alpha value is -1.49. The second-order valence-electron chi connectivity index (χ2n) is 4.70.